The number of carbonyl (C=O) groups excluding carboxylic acids is 1. The van der Waals surface area contributed by atoms with E-state index in [4.69, 9.17) is 9.15 Å². The quantitative estimate of drug-likeness (QED) is 0.744. The molecule has 1 aromatic carbocycles. The van der Waals surface area contributed by atoms with E-state index in [2.05, 4.69) is 4.99 Å². The van der Waals surface area contributed by atoms with E-state index >= 15 is 0 Å². The fourth-order valence-electron chi connectivity index (χ4n) is 1.82. The second-order valence-electron chi connectivity index (χ2n) is 4.58. The molecule has 0 saturated heterocycles. The molecule has 0 aliphatic carbocycles. The molecule has 2 aromatic heterocycles. The summed E-state index contributed by atoms with van der Waals surface area (Å²) in [7, 11) is 1.84. The number of thiazole rings is 1. The average Bonchev–Trinajstić information content (AvgIpc) is 3.16. The van der Waals surface area contributed by atoms with E-state index in [9.17, 15) is 4.79 Å². The molecule has 0 fully saturated rings. The standard InChI is InChI=1S/C16H14N2O3S/c1-18-9-10-22-16(18)17-15(19)14-8-7-13(21-14)11-20-12-5-3-2-4-6-12/h2-10H,11H2,1H3. The minimum atomic E-state index is -0.399. The van der Waals surface area contributed by atoms with Crippen molar-refractivity contribution in [1.29, 1.82) is 0 Å². The van der Waals surface area contributed by atoms with Gasteiger partial charge in [-0.1, -0.05) is 18.2 Å². The Kier molecular flexibility index (Phi) is 4.20. The third-order valence-corrected chi connectivity index (χ3v) is 3.80. The Balaban J connectivity index is 1.69. The summed E-state index contributed by atoms with van der Waals surface area (Å²) in [5.41, 5.74) is 0. The normalized spacial score (nSPS) is 11.6. The maximum absolute atomic E-state index is 12.0. The first-order valence-electron chi connectivity index (χ1n) is 6.68. The first-order valence-corrected chi connectivity index (χ1v) is 7.56. The highest BCUT2D eigenvalue weighted by Crippen LogP contribution is 2.14. The van der Waals surface area contributed by atoms with E-state index in [-0.39, 0.29) is 12.4 Å². The number of carbonyl (C=O) groups is 1. The topological polar surface area (TPSA) is 56.7 Å². The first kappa shape index (κ1) is 14.3. The fourth-order valence-corrected chi connectivity index (χ4v) is 2.55. The van der Waals surface area contributed by atoms with Crippen LogP contribution in [0.2, 0.25) is 0 Å². The van der Waals surface area contributed by atoms with Gasteiger partial charge in [-0.2, -0.15) is 4.99 Å². The van der Waals surface area contributed by atoms with Gasteiger partial charge in [0.15, 0.2) is 10.6 Å². The Labute approximate surface area is 131 Å². The molecule has 0 aliphatic heterocycles. The lowest BCUT2D eigenvalue weighted by Crippen LogP contribution is -2.12. The number of aromatic nitrogens is 1. The highest BCUT2D eigenvalue weighted by atomic mass is 32.1. The van der Waals surface area contributed by atoms with Crippen LogP contribution in [0.4, 0.5) is 0 Å². The molecule has 0 atom stereocenters. The Hall–Kier alpha value is -2.60. The number of ether oxygens (including phenoxy) is 1. The van der Waals surface area contributed by atoms with Crippen LogP contribution in [0.1, 0.15) is 16.3 Å². The predicted octanol–water partition coefficient (Wildman–Crippen LogP) is 3.00. The molecule has 1 amide bonds. The van der Waals surface area contributed by atoms with Gasteiger partial charge in [-0.25, -0.2) is 0 Å². The predicted molar refractivity (Wildman–Crippen MR) is 82.7 cm³/mol. The lowest BCUT2D eigenvalue weighted by molar-refractivity contribution is 0.0967. The molecule has 0 N–H and O–H groups in total. The number of para-hydroxylation sites is 1. The average molecular weight is 314 g/mol. The molecular formula is C16H14N2O3S. The van der Waals surface area contributed by atoms with Gasteiger partial charge in [-0.3, -0.25) is 4.79 Å². The summed E-state index contributed by atoms with van der Waals surface area (Å²) in [5, 5.41) is 1.87. The molecule has 0 saturated carbocycles. The number of benzene rings is 1. The van der Waals surface area contributed by atoms with Crippen LogP contribution in [0.15, 0.2) is 63.5 Å². The molecule has 3 rings (SSSR count). The monoisotopic (exact) mass is 314 g/mol. The van der Waals surface area contributed by atoms with Gasteiger partial charge < -0.3 is 13.7 Å². The molecule has 6 heteroatoms. The minimum Gasteiger partial charge on any atom is -0.486 e. The lowest BCUT2D eigenvalue weighted by atomic mass is 10.3. The number of nitrogens with zero attached hydrogens (tertiary/aromatic N) is 2. The van der Waals surface area contributed by atoms with Crippen LogP contribution in [0, 0.1) is 0 Å². The second kappa shape index (κ2) is 6.44. The van der Waals surface area contributed by atoms with Crippen molar-refractivity contribution in [2.24, 2.45) is 12.0 Å². The van der Waals surface area contributed by atoms with Crippen LogP contribution in [-0.4, -0.2) is 10.5 Å². The van der Waals surface area contributed by atoms with E-state index in [1.165, 1.54) is 11.3 Å². The molecule has 0 bridgehead atoms. The third kappa shape index (κ3) is 3.35. The van der Waals surface area contributed by atoms with Crippen molar-refractivity contribution >= 4 is 17.2 Å². The van der Waals surface area contributed by atoms with E-state index < -0.39 is 5.91 Å². The van der Waals surface area contributed by atoms with Crippen LogP contribution in [0.5, 0.6) is 5.75 Å². The number of aryl methyl sites for hydroxylation is 1. The van der Waals surface area contributed by atoms with Crippen LogP contribution in [0.25, 0.3) is 0 Å². The van der Waals surface area contributed by atoms with E-state index in [1.807, 2.05) is 49.0 Å². The molecule has 0 radical (unpaired) electrons. The smallest absolute Gasteiger partial charge is 0.315 e. The van der Waals surface area contributed by atoms with Gasteiger partial charge in [0, 0.05) is 18.6 Å². The zero-order valence-corrected chi connectivity index (χ0v) is 12.7. The van der Waals surface area contributed by atoms with Crippen LogP contribution >= 0.6 is 11.3 Å². The van der Waals surface area contributed by atoms with Gasteiger partial charge in [-0.15, -0.1) is 11.3 Å². The van der Waals surface area contributed by atoms with Gasteiger partial charge in [0.25, 0.3) is 0 Å². The highest BCUT2D eigenvalue weighted by molar-refractivity contribution is 7.07. The Morgan fingerprint density at radius 2 is 2.09 bits per heavy atom. The second-order valence-corrected chi connectivity index (χ2v) is 5.45. The summed E-state index contributed by atoms with van der Waals surface area (Å²) in [6, 6.07) is 12.8. The molecule has 112 valence electrons. The molecule has 0 spiro atoms. The Bertz CT molecular complexity index is 830. The molecule has 5 nitrogen and oxygen atoms in total. The highest BCUT2D eigenvalue weighted by Gasteiger charge is 2.11. The van der Waals surface area contributed by atoms with Crippen molar-refractivity contribution in [3.05, 3.63) is 70.4 Å². The van der Waals surface area contributed by atoms with Crippen LogP contribution in [-0.2, 0) is 13.7 Å². The van der Waals surface area contributed by atoms with Crippen molar-refractivity contribution < 1.29 is 13.9 Å². The maximum atomic E-state index is 12.0. The van der Waals surface area contributed by atoms with Crippen molar-refractivity contribution in [2.45, 2.75) is 6.61 Å². The summed E-state index contributed by atoms with van der Waals surface area (Å²) in [6.45, 7) is 0.268. The zero-order chi connectivity index (χ0) is 15.4. The molecule has 0 aliphatic rings. The number of rotatable bonds is 4. The largest absolute Gasteiger partial charge is 0.486 e. The first-order chi connectivity index (χ1) is 10.7. The van der Waals surface area contributed by atoms with E-state index in [1.54, 1.807) is 16.7 Å². The van der Waals surface area contributed by atoms with Crippen molar-refractivity contribution in [3.63, 3.8) is 0 Å². The number of hydrogen-bond acceptors (Lipinski definition) is 4. The van der Waals surface area contributed by atoms with E-state index in [0.29, 0.717) is 10.6 Å². The number of amides is 1. The molecule has 3 aromatic rings. The number of furan rings is 1. The summed E-state index contributed by atoms with van der Waals surface area (Å²) in [4.78, 5) is 16.7. The molecular weight excluding hydrogens is 300 g/mol. The van der Waals surface area contributed by atoms with Crippen molar-refractivity contribution in [2.75, 3.05) is 0 Å². The maximum Gasteiger partial charge on any atom is 0.315 e. The molecule has 0 unspecified atom stereocenters. The summed E-state index contributed by atoms with van der Waals surface area (Å²) in [5.74, 6) is 1.14. The van der Waals surface area contributed by atoms with Gasteiger partial charge in [0.1, 0.15) is 18.1 Å². The SMILES string of the molecule is Cn1ccsc1=NC(=O)c1ccc(COc2ccccc2)o1. The summed E-state index contributed by atoms with van der Waals surface area (Å²) < 4.78 is 12.8. The minimum absolute atomic E-state index is 0.208. The lowest BCUT2D eigenvalue weighted by Gasteiger charge is -2.02. The van der Waals surface area contributed by atoms with Gasteiger partial charge in [0.05, 0.1) is 0 Å². The fraction of sp³-hybridized carbons (Fsp3) is 0.125. The molecule has 2 heterocycles. The van der Waals surface area contributed by atoms with Gasteiger partial charge in [0.2, 0.25) is 0 Å². The van der Waals surface area contributed by atoms with Crippen LogP contribution < -0.4 is 9.54 Å². The number of hydrogen-bond donors (Lipinski definition) is 0. The van der Waals surface area contributed by atoms with E-state index in [0.717, 1.165) is 5.75 Å². The van der Waals surface area contributed by atoms with Gasteiger partial charge >= 0.3 is 5.91 Å². The molecule has 22 heavy (non-hydrogen) atoms. The van der Waals surface area contributed by atoms with Crippen LogP contribution in [0.3, 0.4) is 0 Å². The van der Waals surface area contributed by atoms with Crippen molar-refractivity contribution in [3.8, 4) is 5.75 Å². The zero-order valence-electron chi connectivity index (χ0n) is 11.9. The third-order valence-electron chi connectivity index (χ3n) is 2.95. The Morgan fingerprint density at radius 1 is 1.27 bits per heavy atom. The summed E-state index contributed by atoms with van der Waals surface area (Å²) in [6.07, 6.45) is 1.85. The van der Waals surface area contributed by atoms with Crippen molar-refractivity contribution in [1.82, 2.24) is 4.57 Å². The Morgan fingerprint density at radius 3 is 2.82 bits per heavy atom. The van der Waals surface area contributed by atoms with Gasteiger partial charge in [-0.05, 0) is 24.3 Å². The summed E-state index contributed by atoms with van der Waals surface area (Å²) >= 11 is 1.40.